The molecule has 3 nitrogen and oxygen atoms in total. The van der Waals surface area contributed by atoms with Crippen LogP contribution in [0.4, 0.5) is 5.13 Å². The molecule has 130 valence electrons. The van der Waals surface area contributed by atoms with Crippen molar-refractivity contribution in [3.8, 4) is 0 Å². The minimum absolute atomic E-state index is 0. The van der Waals surface area contributed by atoms with Crippen LogP contribution in [0, 0.1) is 5.92 Å². The first kappa shape index (κ1) is 19.2. The van der Waals surface area contributed by atoms with Crippen molar-refractivity contribution in [1.29, 1.82) is 0 Å². The van der Waals surface area contributed by atoms with Gasteiger partial charge in [-0.25, -0.2) is 4.98 Å². The van der Waals surface area contributed by atoms with Gasteiger partial charge in [-0.2, -0.15) is 0 Å². The number of hydrogen-bond acceptors (Lipinski definition) is 3. The Morgan fingerprint density at radius 3 is 2.67 bits per heavy atom. The summed E-state index contributed by atoms with van der Waals surface area (Å²) in [5.74, 6) is 0.346. The molecule has 1 unspecified atom stereocenters. The van der Waals surface area contributed by atoms with E-state index in [4.69, 9.17) is 23.2 Å². The summed E-state index contributed by atoms with van der Waals surface area (Å²) < 4.78 is 0. The van der Waals surface area contributed by atoms with Gasteiger partial charge in [-0.15, -0.1) is 11.3 Å². The number of carbonyl (C=O) groups is 1. The zero-order chi connectivity index (χ0) is 16.2. The Morgan fingerprint density at radius 2 is 2.04 bits per heavy atom. The Balaban J connectivity index is 0.00000208. The van der Waals surface area contributed by atoms with E-state index >= 15 is 0 Å². The summed E-state index contributed by atoms with van der Waals surface area (Å²) in [5, 5.41) is 6.40. The molecular weight excluding hydrogens is 363 g/mol. The lowest BCUT2D eigenvalue weighted by Gasteiger charge is -2.20. The first-order valence-corrected chi connectivity index (χ1v) is 9.42. The highest BCUT2D eigenvalue weighted by Crippen LogP contribution is 2.36. The number of carbonyl (C=O) groups excluding carboxylic acids is 1. The van der Waals surface area contributed by atoms with Crippen LogP contribution in [0.25, 0.3) is 0 Å². The van der Waals surface area contributed by atoms with E-state index in [0.717, 1.165) is 12.0 Å². The van der Waals surface area contributed by atoms with Gasteiger partial charge < -0.3 is 5.32 Å². The Morgan fingerprint density at radius 1 is 1.29 bits per heavy atom. The fourth-order valence-electron chi connectivity index (χ4n) is 3.18. The maximum atomic E-state index is 12.8. The molecule has 0 radical (unpaired) electrons. The van der Waals surface area contributed by atoms with Gasteiger partial charge in [-0.3, -0.25) is 4.79 Å². The van der Waals surface area contributed by atoms with E-state index < -0.39 is 0 Å². The lowest BCUT2D eigenvalue weighted by atomic mass is 9.87. The molecule has 3 rings (SSSR count). The van der Waals surface area contributed by atoms with Crippen molar-refractivity contribution in [2.45, 2.75) is 45.4 Å². The van der Waals surface area contributed by atoms with Gasteiger partial charge >= 0.3 is 0 Å². The van der Waals surface area contributed by atoms with E-state index in [2.05, 4.69) is 10.3 Å². The summed E-state index contributed by atoms with van der Waals surface area (Å²) in [4.78, 5) is 16.9. The smallest absolute Gasteiger partial charge is 0.233 e. The monoisotopic (exact) mass is 384 g/mol. The Kier molecular flexibility index (Phi) is 7.08. The van der Waals surface area contributed by atoms with Gasteiger partial charge in [0.1, 0.15) is 0 Å². The lowest BCUT2D eigenvalue weighted by Crippen LogP contribution is -2.23. The molecular formula is C18H22Cl2N2OS. The Hall–Kier alpha value is -1.10. The second kappa shape index (κ2) is 8.84. The minimum Gasteiger partial charge on any atom is -0.301 e. The largest absolute Gasteiger partial charge is 0.301 e. The number of nitrogens with zero attached hydrogens (tertiary/aromatic N) is 1. The number of amides is 1. The maximum absolute atomic E-state index is 12.8. The molecule has 1 atom stereocenters. The first-order chi connectivity index (χ1) is 11.1. The van der Waals surface area contributed by atoms with Crippen LogP contribution in [0.1, 0.15) is 51.0 Å². The van der Waals surface area contributed by atoms with E-state index in [9.17, 15) is 4.79 Å². The summed E-state index contributed by atoms with van der Waals surface area (Å²) in [5.41, 5.74) is 0.917. The zero-order valence-electron chi connectivity index (χ0n) is 12.6. The number of thiazole rings is 1. The zero-order valence-corrected chi connectivity index (χ0v) is 14.9. The molecule has 6 heteroatoms. The highest BCUT2D eigenvalue weighted by Gasteiger charge is 2.27. The molecule has 1 aliphatic carbocycles. The van der Waals surface area contributed by atoms with Crippen molar-refractivity contribution in [2.24, 2.45) is 5.92 Å². The predicted octanol–water partition coefficient (Wildman–Crippen LogP) is 6.39. The number of anilines is 1. The van der Waals surface area contributed by atoms with Gasteiger partial charge in [0.25, 0.3) is 0 Å². The van der Waals surface area contributed by atoms with Gasteiger partial charge in [-0.05, 0) is 30.0 Å². The van der Waals surface area contributed by atoms with Crippen molar-refractivity contribution in [1.82, 2.24) is 4.98 Å². The molecule has 1 fully saturated rings. The minimum atomic E-state index is -0.225. The number of aromatic nitrogens is 1. The van der Waals surface area contributed by atoms with Crippen LogP contribution in [-0.2, 0) is 4.79 Å². The van der Waals surface area contributed by atoms with Crippen molar-refractivity contribution < 1.29 is 4.79 Å². The van der Waals surface area contributed by atoms with Crippen LogP contribution in [0.15, 0.2) is 29.8 Å². The second-order valence-electron chi connectivity index (χ2n) is 5.94. The number of rotatable bonds is 5. The Labute approximate surface area is 157 Å². The maximum Gasteiger partial charge on any atom is 0.233 e. The van der Waals surface area contributed by atoms with Gasteiger partial charge in [-0.1, -0.05) is 62.4 Å². The van der Waals surface area contributed by atoms with Crippen LogP contribution >= 0.6 is 34.5 Å². The molecule has 0 spiro atoms. The second-order valence-corrected chi connectivity index (χ2v) is 7.65. The van der Waals surface area contributed by atoms with Crippen molar-refractivity contribution >= 4 is 45.6 Å². The fraction of sp³-hybridized carbons (Fsp3) is 0.444. The summed E-state index contributed by atoms with van der Waals surface area (Å²) >= 11 is 13.6. The molecule has 1 N–H and O–H groups in total. The Bertz CT molecular complexity index is 670. The molecule has 0 aliphatic heterocycles. The van der Waals surface area contributed by atoms with Crippen LogP contribution < -0.4 is 5.32 Å². The SMILES string of the molecule is C.O=C(Nc1nccs1)C(CC1CCCC1)c1ccc(Cl)c(Cl)c1. The van der Waals surface area contributed by atoms with Crippen LogP contribution in [0.3, 0.4) is 0 Å². The molecule has 1 aromatic carbocycles. The van der Waals surface area contributed by atoms with Crippen LogP contribution in [0.5, 0.6) is 0 Å². The van der Waals surface area contributed by atoms with E-state index in [1.807, 2.05) is 17.5 Å². The standard InChI is InChI=1S/C17H18Cl2N2OS.CH4/c18-14-6-5-12(10-15(14)19)13(9-11-3-1-2-4-11)16(22)21-17-20-7-8-23-17;/h5-8,10-11,13H,1-4,9H2,(H,20,21,22);1H4. The molecule has 24 heavy (non-hydrogen) atoms. The van der Waals surface area contributed by atoms with Gasteiger partial charge in [0.05, 0.1) is 16.0 Å². The van der Waals surface area contributed by atoms with E-state index in [0.29, 0.717) is 21.1 Å². The summed E-state index contributed by atoms with van der Waals surface area (Å²) in [6, 6.07) is 5.47. The number of halogens is 2. The highest BCUT2D eigenvalue weighted by molar-refractivity contribution is 7.13. The lowest BCUT2D eigenvalue weighted by molar-refractivity contribution is -0.118. The van der Waals surface area contributed by atoms with Crippen LogP contribution in [0.2, 0.25) is 10.0 Å². The molecule has 1 aromatic heterocycles. The number of hydrogen-bond donors (Lipinski definition) is 1. The third-order valence-electron chi connectivity index (χ3n) is 4.37. The average molecular weight is 385 g/mol. The number of benzene rings is 1. The highest BCUT2D eigenvalue weighted by atomic mass is 35.5. The van der Waals surface area contributed by atoms with E-state index in [1.54, 1.807) is 12.3 Å². The molecule has 1 amide bonds. The summed E-state index contributed by atoms with van der Waals surface area (Å²) in [6.07, 6.45) is 7.44. The predicted molar refractivity (Wildman–Crippen MR) is 103 cm³/mol. The third-order valence-corrected chi connectivity index (χ3v) is 5.80. The first-order valence-electron chi connectivity index (χ1n) is 7.79. The van der Waals surface area contributed by atoms with Crippen molar-refractivity contribution in [2.75, 3.05) is 5.32 Å². The molecule has 0 bridgehead atoms. The summed E-state index contributed by atoms with van der Waals surface area (Å²) in [6.45, 7) is 0. The molecule has 1 heterocycles. The molecule has 1 saturated carbocycles. The van der Waals surface area contributed by atoms with Crippen molar-refractivity contribution in [3.63, 3.8) is 0 Å². The van der Waals surface area contributed by atoms with E-state index in [-0.39, 0.29) is 19.3 Å². The normalized spacial score (nSPS) is 15.8. The molecule has 1 aliphatic rings. The third kappa shape index (κ3) is 4.71. The molecule has 2 aromatic rings. The van der Waals surface area contributed by atoms with Gasteiger partial charge in [0.2, 0.25) is 5.91 Å². The van der Waals surface area contributed by atoms with Gasteiger partial charge in [0, 0.05) is 11.6 Å². The topological polar surface area (TPSA) is 42.0 Å². The average Bonchev–Trinajstić information content (AvgIpc) is 3.21. The van der Waals surface area contributed by atoms with Crippen molar-refractivity contribution in [3.05, 3.63) is 45.4 Å². The van der Waals surface area contributed by atoms with Crippen LogP contribution in [-0.4, -0.2) is 10.9 Å². The summed E-state index contributed by atoms with van der Waals surface area (Å²) in [7, 11) is 0. The number of nitrogens with one attached hydrogen (secondary N) is 1. The van der Waals surface area contributed by atoms with E-state index in [1.165, 1.54) is 37.0 Å². The molecule has 0 saturated heterocycles. The quantitative estimate of drug-likeness (QED) is 0.648. The van der Waals surface area contributed by atoms with Gasteiger partial charge in [0.15, 0.2) is 5.13 Å². The fourth-order valence-corrected chi connectivity index (χ4v) is 4.02.